The Morgan fingerprint density at radius 1 is 1.16 bits per heavy atom. The van der Waals surface area contributed by atoms with E-state index in [1.54, 1.807) is 25.1 Å². The molecule has 0 aliphatic rings. The molecule has 0 bridgehead atoms. The zero-order valence-electron chi connectivity index (χ0n) is 13.2. The Bertz CT molecular complexity index is 794. The van der Waals surface area contributed by atoms with Crippen LogP contribution in [0, 0.1) is 6.92 Å². The van der Waals surface area contributed by atoms with Gasteiger partial charge in [0.15, 0.2) is 6.10 Å². The van der Waals surface area contributed by atoms with Gasteiger partial charge in [0.05, 0.1) is 16.3 Å². The van der Waals surface area contributed by atoms with Gasteiger partial charge in [0.25, 0.3) is 5.91 Å². The molecule has 0 aliphatic carbocycles. The molecule has 0 saturated heterocycles. The summed E-state index contributed by atoms with van der Waals surface area (Å²) in [6.45, 7) is 3.24. The van der Waals surface area contributed by atoms with Crippen LogP contribution < -0.4 is 10.1 Å². The van der Waals surface area contributed by atoms with Gasteiger partial charge in [0, 0.05) is 5.02 Å². The van der Waals surface area contributed by atoms with Crippen molar-refractivity contribution in [1.29, 1.82) is 0 Å². The number of anilines is 1. The van der Waals surface area contributed by atoms with Gasteiger partial charge in [-0.2, -0.15) is 13.2 Å². The molecule has 0 fully saturated rings. The molecule has 0 heterocycles. The second-order valence-corrected chi connectivity index (χ2v) is 6.20. The monoisotopic (exact) mass is 391 g/mol. The van der Waals surface area contributed by atoms with Crippen molar-refractivity contribution in [3.63, 3.8) is 0 Å². The number of halogens is 5. The minimum Gasteiger partial charge on any atom is -0.481 e. The lowest BCUT2D eigenvalue weighted by Gasteiger charge is -2.17. The maximum atomic E-state index is 12.8. The van der Waals surface area contributed by atoms with Crippen molar-refractivity contribution in [3.05, 3.63) is 57.6 Å². The third-order valence-corrected chi connectivity index (χ3v) is 3.93. The fourth-order valence-corrected chi connectivity index (χ4v) is 2.41. The molecule has 0 unspecified atom stereocenters. The first-order valence-corrected chi connectivity index (χ1v) is 7.94. The summed E-state index contributed by atoms with van der Waals surface area (Å²) in [5, 5.41) is 2.87. The number of ether oxygens (including phenoxy) is 1. The third kappa shape index (κ3) is 5.03. The average Bonchev–Trinajstić information content (AvgIpc) is 2.50. The molecule has 2 rings (SSSR count). The van der Waals surface area contributed by atoms with E-state index < -0.39 is 23.8 Å². The van der Waals surface area contributed by atoms with Crippen LogP contribution in [0.1, 0.15) is 18.1 Å². The lowest BCUT2D eigenvalue weighted by atomic mass is 10.2. The van der Waals surface area contributed by atoms with Crippen LogP contribution in [0.25, 0.3) is 0 Å². The van der Waals surface area contributed by atoms with Crippen molar-refractivity contribution < 1.29 is 22.7 Å². The highest BCUT2D eigenvalue weighted by Gasteiger charge is 2.31. The van der Waals surface area contributed by atoms with Crippen molar-refractivity contribution in [1.82, 2.24) is 0 Å². The molecular formula is C17H14Cl2F3NO2. The number of hydrogen-bond donors (Lipinski definition) is 1. The molecule has 3 nitrogen and oxygen atoms in total. The predicted molar refractivity (Wildman–Crippen MR) is 91.4 cm³/mol. The maximum Gasteiger partial charge on any atom is 0.416 e. The van der Waals surface area contributed by atoms with Gasteiger partial charge in [-0.3, -0.25) is 4.79 Å². The summed E-state index contributed by atoms with van der Waals surface area (Å²) in [4.78, 5) is 12.2. The number of alkyl halides is 3. The Hall–Kier alpha value is -1.92. The molecule has 2 aromatic rings. The van der Waals surface area contributed by atoms with Crippen LogP contribution in [0.4, 0.5) is 18.9 Å². The van der Waals surface area contributed by atoms with Crippen molar-refractivity contribution in [2.75, 3.05) is 5.32 Å². The van der Waals surface area contributed by atoms with E-state index in [1.807, 2.05) is 0 Å². The Morgan fingerprint density at radius 3 is 2.44 bits per heavy atom. The van der Waals surface area contributed by atoms with Crippen molar-refractivity contribution in [2.24, 2.45) is 0 Å². The van der Waals surface area contributed by atoms with Crippen molar-refractivity contribution in [3.8, 4) is 5.75 Å². The van der Waals surface area contributed by atoms with E-state index in [1.165, 1.54) is 6.92 Å². The Kier molecular flexibility index (Phi) is 5.85. The van der Waals surface area contributed by atoms with Crippen LogP contribution in [0.2, 0.25) is 10.0 Å². The van der Waals surface area contributed by atoms with Crippen LogP contribution in [0.3, 0.4) is 0 Å². The number of aryl methyl sites for hydroxylation is 1. The normalized spacial score (nSPS) is 12.6. The molecule has 1 N–H and O–H groups in total. The van der Waals surface area contributed by atoms with Gasteiger partial charge in [0.1, 0.15) is 5.75 Å². The van der Waals surface area contributed by atoms with Gasteiger partial charge in [-0.1, -0.05) is 23.2 Å². The summed E-state index contributed by atoms with van der Waals surface area (Å²) >= 11 is 11.7. The van der Waals surface area contributed by atoms with Crippen molar-refractivity contribution >= 4 is 34.8 Å². The smallest absolute Gasteiger partial charge is 0.416 e. The summed E-state index contributed by atoms with van der Waals surface area (Å²) in [6, 6.07) is 7.59. The molecule has 0 aliphatic heterocycles. The van der Waals surface area contributed by atoms with Gasteiger partial charge in [-0.25, -0.2) is 0 Å². The molecule has 134 valence electrons. The molecule has 0 radical (unpaired) electrons. The van der Waals surface area contributed by atoms with E-state index in [9.17, 15) is 18.0 Å². The zero-order chi connectivity index (χ0) is 18.8. The summed E-state index contributed by atoms with van der Waals surface area (Å²) in [7, 11) is 0. The van der Waals surface area contributed by atoms with Crippen molar-refractivity contribution in [2.45, 2.75) is 26.1 Å². The maximum absolute atomic E-state index is 12.8. The first-order chi connectivity index (χ1) is 11.6. The molecule has 0 spiro atoms. The largest absolute Gasteiger partial charge is 0.481 e. The molecular weight excluding hydrogens is 378 g/mol. The highest BCUT2D eigenvalue weighted by Crippen LogP contribution is 2.34. The number of carbonyl (C=O) groups is 1. The summed E-state index contributed by atoms with van der Waals surface area (Å²) in [5.41, 5.74) is -0.316. The molecule has 1 atom stereocenters. The fourth-order valence-electron chi connectivity index (χ4n) is 2.02. The molecule has 0 saturated carbocycles. The minimum absolute atomic E-state index is 0.00350. The van der Waals surface area contributed by atoms with Gasteiger partial charge in [0.2, 0.25) is 0 Å². The van der Waals surface area contributed by atoms with Gasteiger partial charge in [-0.15, -0.1) is 0 Å². The lowest BCUT2D eigenvalue weighted by molar-refractivity contribution is -0.137. The first kappa shape index (κ1) is 19.4. The van der Waals surface area contributed by atoms with Gasteiger partial charge >= 0.3 is 6.18 Å². The summed E-state index contributed by atoms with van der Waals surface area (Å²) in [6.07, 6.45) is -5.49. The predicted octanol–water partition coefficient (Wildman–Crippen LogP) is 5.73. The van der Waals surface area contributed by atoms with E-state index >= 15 is 0 Å². The quantitative estimate of drug-likeness (QED) is 0.722. The number of carbonyl (C=O) groups excluding carboxylic acids is 1. The second kappa shape index (κ2) is 7.54. The number of amides is 1. The standard InChI is InChI=1S/C17H14Cl2F3NO2/c1-9-7-12(18)4-6-15(9)25-10(2)16(24)23-14-8-11(17(20,21)22)3-5-13(14)19/h3-8,10H,1-2H3,(H,23,24)/t10-/m1/s1. The molecule has 2 aromatic carbocycles. The van der Waals surface area contributed by atoms with Crippen LogP contribution >= 0.6 is 23.2 Å². The van der Waals surface area contributed by atoms with Crippen LogP contribution in [0.5, 0.6) is 5.75 Å². The number of rotatable bonds is 4. The second-order valence-electron chi connectivity index (χ2n) is 5.35. The van der Waals surface area contributed by atoms with E-state index in [2.05, 4.69) is 5.32 Å². The third-order valence-electron chi connectivity index (χ3n) is 3.36. The van der Waals surface area contributed by atoms with E-state index in [4.69, 9.17) is 27.9 Å². The highest BCUT2D eigenvalue weighted by atomic mass is 35.5. The topological polar surface area (TPSA) is 38.3 Å². The Balaban J connectivity index is 2.13. The lowest BCUT2D eigenvalue weighted by Crippen LogP contribution is -2.30. The number of hydrogen-bond acceptors (Lipinski definition) is 2. The molecule has 1 amide bonds. The number of nitrogens with one attached hydrogen (secondary N) is 1. The first-order valence-electron chi connectivity index (χ1n) is 7.18. The molecule has 0 aromatic heterocycles. The van der Waals surface area contributed by atoms with Gasteiger partial charge in [-0.05, 0) is 55.8 Å². The van der Waals surface area contributed by atoms with Crippen LogP contribution in [0.15, 0.2) is 36.4 Å². The van der Waals surface area contributed by atoms with Crippen LogP contribution in [-0.2, 0) is 11.0 Å². The van der Waals surface area contributed by atoms with Crippen LogP contribution in [-0.4, -0.2) is 12.0 Å². The Labute approximate surface area is 152 Å². The van der Waals surface area contributed by atoms with Gasteiger partial charge < -0.3 is 10.1 Å². The van der Waals surface area contributed by atoms with E-state index in [0.717, 1.165) is 23.8 Å². The molecule has 25 heavy (non-hydrogen) atoms. The van der Waals surface area contributed by atoms with E-state index in [0.29, 0.717) is 10.8 Å². The number of benzene rings is 2. The Morgan fingerprint density at radius 2 is 1.84 bits per heavy atom. The highest BCUT2D eigenvalue weighted by molar-refractivity contribution is 6.33. The summed E-state index contributed by atoms with van der Waals surface area (Å²) < 4.78 is 43.8. The average molecular weight is 392 g/mol. The fraction of sp³-hybridized carbons (Fsp3) is 0.235. The SMILES string of the molecule is Cc1cc(Cl)ccc1O[C@H](C)C(=O)Nc1cc(C(F)(F)F)ccc1Cl. The minimum atomic E-state index is -4.54. The summed E-state index contributed by atoms with van der Waals surface area (Å²) in [5.74, 6) is -0.183. The zero-order valence-corrected chi connectivity index (χ0v) is 14.8. The molecule has 8 heteroatoms. The van der Waals surface area contributed by atoms with E-state index in [-0.39, 0.29) is 10.7 Å².